The Bertz CT molecular complexity index is 1040. The number of rotatable bonds is 3. The number of aromatic nitrogens is 1. The van der Waals surface area contributed by atoms with Gasteiger partial charge in [-0.2, -0.15) is 0 Å². The van der Waals surface area contributed by atoms with E-state index < -0.39 is 11.7 Å². The van der Waals surface area contributed by atoms with Crippen LogP contribution < -0.4 is 10.6 Å². The van der Waals surface area contributed by atoms with Crippen LogP contribution in [0.2, 0.25) is 0 Å². The molecule has 4 rings (SSSR count). The van der Waals surface area contributed by atoms with Crippen LogP contribution in [-0.2, 0) is 9.59 Å². The third kappa shape index (κ3) is 3.70. The fourth-order valence-electron chi connectivity index (χ4n) is 4.17. The minimum atomic E-state index is -0.620. The highest BCUT2D eigenvalue weighted by molar-refractivity contribution is 6.09. The number of benzene rings is 1. The van der Waals surface area contributed by atoms with E-state index in [1.54, 1.807) is 36.5 Å². The zero-order valence-corrected chi connectivity index (χ0v) is 16.3. The van der Waals surface area contributed by atoms with Crippen molar-refractivity contribution in [1.82, 2.24) is 10.3 Å². The third-order valence-corrected chi connectivity index (χ3v) is 5.36. The molecule has 1 amide bonds. The summed E-state index contributed by atoms with van der Waals surface area (Å²) in [5.74, 6) is -0.748. The van der Waals surface area contributed by atoms with Crippen molar-refractivity contribution in [1.29, 1.82) is 0 Å². The maximum atomic E-state index is 14.0. The first-order valence-electron chi connectivity index (χ1n) is 9.66. The van der Waals surface area contributed by atoms with Crippen molar-refractivity contribution in [3.63, 3.8) is 0 Å². The summed E-state index contributed by atoms with van der Waals surface area (Å²) in [6.45, 7) is 3.84. The van der Waals surface area contributed by atoms with Gasteiger partial charge in [-0.15, -0.1) is 0 Å². The van der Waals surface area contributed by atoms with E-state index in [9.17, 15) is 14.0 Å². The predicted molar refractivity (Wildman–Crippen MR) is 108 cm³/mol. The predicted octanol–water partition coefficient (Wildman–Crippen LogP) is 4.07. The lowest BCUT2D eigenvalue weighted by Crippen LogP contribution is -2.37. The Morgan fingerprint density at radius 3 is 2.76 bits per heavy atom. The molecule has 6 heteroatoms. The molecule has 0 fully saturated rings. The number of allylic oxidation sites excluding steroid dienone is 3. The van der Waals surface area contributed by atoms with Crippen LogP contribution in [0.15, 0.2) is 71.2 Å². The Hall–Kier alpha value is -3.28. The lowest BCUT2D eigenvalue weighted by molar-refractivity contribution is -0.117. The van der Waals surface area contributed by atoms with E-state index in [1.165, 1.54) is 12.1 Å². The maximum Gasteiger partial charge on any atom is 0.255 e. The van der Waals surface area contributed by atoms with Crippen LogP contribution in [0.4, 0.5) is 10.2 Å². The second-order valence-electron chi connectivity index (χ2n) is 7.65. The SMILES string of the molecule is CC1=C(C(=O)Nc2ccccn2)[C@@H](c2cccc(F)c2)C2=C(C[C@@H](C)CC2=O)N1. The van der Waals surface area contributed by atoms with Gasteiger partial charge >= 0.3 is 0 Å². The molecule has 2 atom stereocenters. The van der Waals surface area contributed by atoms with Crippen molar-refractivity contribution >= 4 is 17.5 Å². The molecule has 2 aromatic rings. The van der Waals surface area contributed by atoms with E-state index in [2.05, 4.69) is 15.6 Å². The van der Waals surface area contributed by atoms with Gasteiger partial charge in [0, 0.05) is 41.1 Å². The van der Waals surface area contributed by atoms with Crippen LogP contribution in [0.1, 0.15) is 38.2 Å². The highest BCUT2D eigenvalue weighted by Crippen LogP contribution is 2.43. The molecule has 1 aromatic heterocycles. The molecule has 148 valence electrons. The third-order valence-electron chi connectivity index (χ3n) is 5.36. The monoisotopic (exact) mass is 391 g/mol. The molecule has 2 aliphatic rings. The summed E-state index contributed by atoms with van der Waals surface area (Å²) in [6.07, 6.45) is 2.73. The van der Waals surface area contributed by atoms with Crippen molar-refractivity contribution in [3.05, 3.63) is 82.6 Å². The number of amides is 1. The first-order chi connectivity index (χ1) is 13.9. The number of ketones is 1. The molecule has 0 radical (unpaired) electrons. The molecule has 1 aliphatic carbocycles. The molecule has 2 heterocycles. The number of nitrogens with one attached hydrogen (secondary N) is 2. The second kappa shape index (κ2) is 7.62. The average molecular weight is 391 g/mol. The van der Waals surface area contributed by atoms with Crippen molar-refractivity contribution in [3.8, 4) is 0 Å². The molecule has 0 spiro atoms. The van der Waals surface area contributed by atoms with Gasteiger partial charge in [-0.25, -0.2) is 9.37 Å². The van der Waals surface area contributed by atoms with Gasteiger partial charge in [0.1, 0.15) is 11.6 Å². The van der Waals surface area contributed by atoms with E-state index in [4.69, 9.17) is 0 Å². The zero-order valence-electron chi connectivity index (χ0n) is 16.3. The van der Waals surface area contributed by atoms with Crippen molar-refractivity contribution in [2.75, 3.05) is 5.32 Å². The Balaban J connectivity index is 1.81. The Kier molecular flexibility index (Phi) is 5.01. The summed E-state index contributed by atoms with van der Waals surface area (Å²) in [7, 11) is 0. The molecule has 1 aromatic carbocycles. The smallest absolute Gasteiger partial charge is 0.255 e. The summed E-state index contributed by atoms with van der Waals surface area (Å²) < 4.78 is 14.0. The van der Waals surface area contributed by atoms with E-state index in [1.807, 2.05) is 13.8 Å². The van der Waals surface area contributed by atoms with Crippen LogP contribution >= 0.6 is 0 Å². The number of Topliss-reactive ketones (excluding diaryl/α,β-unsaturated/α-hetero) is 1. The van der Waals surface area contributed by atoms with Crippen LogP contribution in [-0.4, -0.2) is 16.7 Å². The topological polar surface area (TPSA) is 71.1 Å². The van der Waals surface area contributed by atoms with Gasteiger partial charge in [-0.1, -0.05) is 25.1 Å². The molecule has 1 aliphatic heterocycles. The maximum absolute atomic E-state index is 14.0. The molecule has 29 heavy (non-hydrogen) atoms. The highest BCUT2D eigenvalue weighted by atomic mass is 19.1. The highest BCUT2D eigenvalue weighted by Gasteiger charge is 2.39. The summed E-state index contributed by atoms with van der Waals surface area (Å²) in [4.78, 5) is 30.3. The fraction of sp³-hybridized carbons (Fsp3) is 0.261. The van der Waals surface area contributed by atoms with Crippen molar-refractivity contribution in [2.45, 2.75) is 32.6 Å². The lowest BCUT2D eigenvalue weighted by atomic mass is 9.73. The van der Waals surface area contributed by atoms with Crippen LogP contribution in [0.5, 0.6) is 0 Å². The molecule has 0 saturated heterocycles. The minimum absolute atomic E-state index is 0.00357. The van der Waals surface area contributed by atoms with E-state index in [-0.39, 0.29) is 17.6 Å². The lowest BCUT2D eigenvalue weighted by Gasteiger charge is -2.36. The fourth-order valence-corrected chi connectivity index (χ4v) is 4.17. The Labute approximate surface area is 168 Å². The largest absolute Gasteiger partial charge is 0.362 e. The molecule has 2 N–H and O–H groups in total. The summed E-state index contributed by atoms with van der Waals surface area (Å²) in [5, 5.41) is 6.07. The number of hydrogen-bond acceptors (Lipinski definition) is 4. The van der Waals surface area contributed by atoms with Gasteiger partial charge in [-0.05, 0) is 49.1 Å². The number of pyridine rings is 1. The number of anilines is 1. The van der Waals surface area contributed by atoms with Crippen LogP contribution in [0, 0.1) is 11.7 Å². The Morgan fingerprint density at radius 1 is 1.21 bits per heavy atom. The average Bonchev–Trinajstić information content (AvgIpc) is 2.67. The molecule has 5 nitrogen and oxygen atoms in total. The van der Waals surface area contributed by atoms with Crippen LogP contribution in [0.25, 0.3) is 0 Å². The van der Waals surface area contributed by atoms with Crippen molar-refractivity contribution < 1.29 is 14.0 Å². The number of halogens is 1. The van der Waals surface area contributed by atoms with Gasteiger partial charge in [0.15, 0.2) is 5.78 Å². The van der Waals surface area contributed by atoms with Gasteiger partial charge in [0.2, 0.25) is 0 Å². The quantitative estimate of drug-likeness (QED) is 0.827. The van der Waals surface area contributed by atoms with Gasteiger partial charge in [-0.3, -0.25) is 9.59 Å². The molecule has 0 bridgehead atoms. The molecular weight excluding hydrogens is 369 g/mol. The summed E-state index contributed by atoms with van der Waals surface area (Å²) >= 11 is 0. The number of dihydropyridines is 1. The zero-order chi connectivity index (χ0) is 20.5. The van der Waals surface area contributed by atoms with E-state index in [0.717, 1.165) is 12.1 Å². The Morgan fingerprint density at radius 2 is 2.03 bits per heavy atom. The van der Waals surface area contributed by atoms with Gasteiger partial charge in [0.25, 0.3) is 5.91 Å². The number of hydrogen-bond donors (Lipinski definition) is 2. The van der Waals surface area contributed by atoms with Gasteiger partial charge < -0.3 is 10.6 Å². The van der Waals surface area contributed by atoms with Gasteiger partial charge in [0.05, 0.1) is 0 Å². The molecule has 0 saturated carbocycles. The van der Waals surface area contributed by atoms with E-state index in [0.29, 0.717) is 34.6 Å². The number of carbonyl (C=O) groups excluding carboxylic acids is 2. The van der Waals surface area contributed by atoms with Crippen molar-refractivity contribution in [2.24, 2.45) is 5.92 Å². The second-order valence-corrected chi connectivity index (χ2v) is 7.65. The first kappa shape index (κ1) is 19.1. The molecular formula is C23H22FN3O2. The first-order valence-corrected chi connectivity index (χ1v) is 9.66. The van der Waals surface area contributed by atoms with Crippen LogP contribution in [0.3, 0.4) is 0 Å². The number of nitrogens with zero attached hydrogens (tertiary/aromatic N) is 1. The summed E-state index contributed by atoms with van der Waals surface area (Å²) in [5.41, 5.74) is 3.05. The standard InChI is InChI=1S/C23H22FN3O2/c1-13-10-17-22(18(28)11-13)21(15-6-5-7-16(24)12-15)20(14(2)26-17)23(29)27-19-8-3-4-9-25-19/h3-9,12-13,21,26H,10-11H2,1-2H3,(H,25,27,29)/t13-,21-/m1/s1. The number of carbonyl (C=O) groups is 2. The normalized spacial score (nSPS) is 21.6. The minimum Gasteiger partial charge on any atom is -0.362 e. The molecule has 0 unspecified atom stereocenters. The van der Waals surface area contributed by atoms with E-state index >= 15 is 0 Å². The summed E-state index contributed by atoms with van der Waals surface area (Å²) in [6, 6.07) is 11.3.